The second kappa shape index (κ2) is 9.06. The summed E-state index contributed by atoms with van der Waals surface area (Å²) in [4.78, 5) is 13.2. The maximum atomic E-state index is 11.2. The molecule has 6 nitrogen and oxygen atoms in total. The first-order chi connectivity index (χ1) is 8.72. The van der Waals surface area contributed by atoms with E-state index in [-0.39, 0.29) is 11.7 Å². The molecule has 2 N–H and O–H groups in total. The SMILES string of the molecule is C=C(C)C(=O)NCCCCN(C)CCCS(=O)(=O)O. The molecule has 0 radical (unpaired) electrons. The van der Waals surface area contributed by atoms with Gasteiger partial charge in [0, 0.05) is 12.1 Å². The van der Waals surface area contributed by atoms with E-state index in [9.17, 15) is 13.2 Å². The first-order valence-corrected chi connectivity index (χ1v) is 7.90. The first-order valence-electron chi connectivity index (χ1n) is 6.30. The lowest BCUT2D eigenvalue weighted by molar-refractivity contribution is -0.117. The second-order valence-electron chi connectivity index (χ2n) is 4.69. The van der Waals surface area contributed by atoms with Crippen LogP contribution in [-0.2, 0) is 14.9 Å². The Bertz CT molecular complexity index is 393. The molecule has 0 aromatic carbocycles. The average Bonchev–Trinajstić information content (AvgIpc) is 2.26. The van der Waals surface area contributed by atoms with Crippen LogP contribution >= 0.6 is 0 Å². The van der Waals surface area contributed by atoms with Crippen LogP contribution in [0.3, 0.4) is 0 Å². The van der Waals surface area contributed by atoms with Crippen molar-refractivity contribution in [1.82, 2.24) is 10.2 Å². The predicted molar refractivity (Wildman–Crippen MR) is 75.6 cm³/mol. The van der Waals surface area contributed by atoms with Crippen LogP contribution in [0.4, 0.5) is 0 Å². The minimum absolute atomic E-state index is 0.124. The van der Waals surface area contributed by atoms with Crippen molar-refractivity contribution in [2.45, 2.75) is 26.2 Å². The summed E-state index contributed by atoms with van der Waals surface area (Å²) in [6, 6.07) is 0. The van der Waals surface area contributed by atoms with Gasteiger partial charge in [-0.05, 0) is 46.3 Å². The van der Waals surface area contributed by atoms with Gasteiger partial charge in [0.05, 0.1) is 5.75 Å². The largest absolute Gasteiger partial charge is 0.352 e. The third-order valence-electron chi connectivity index (χ3n) is 2.58. The highest BCUT2D eigenvalue weighted by Crippen LogP contribution is 1.96. The lowest BCUT2D eigenvalue weighted by Crippen LogP contribution is -2.26. The normalized spacial score (nSPS) is 11.6. The molecule has 0 heterocycles. The quantitative estimate of drug-likeness (QED) is 0.351. The van der Waals surface area contributed by atoms with Gasteiger partial charge in [0.2, 0.25) is 5.91 Å². The predicted octanol–water partition coefficient (Wildman–Crippen LogP) is 0.669. The molecule has 0 aromatic heterocycles. The van der Waals surface area contributed by atoms with E-state index in [0.29, 0.717) is 25.1 Å². The van der Waals surface area contributed by atoms with E-state index in [0.717, 1.165) is 19.4 Å². The molecular formula is C12H24N2O4S. The first kappa shape index (κ1) is 18.1. The summed E-state index contributed by atoms with van der Waals surface area (Å²) >= 11 is 0. The Morgan fingerprint density at radius 2 is 1.84 bits per heavy atom. The van der Waals surface area contributed by atoms with E-state index in [1.165, 1.54) is 0 Å². The van der Waals surface area contributed by atoms with Crippen LogP contribution in [0.2, 0.25) is 0 Å². The lowest BCUT2D eigenvalue weighted by Gasteiger charge is -2.15. The highest BCUT2D eigenvalue weighted by atomic mass is 32.2. The Balaban J connectivity index is 3.51. The molecule has 0 aliphatic rings. The lowest BCUT2D eigenvalue weighted by atomic mass is 10.2. The Morgan fingerprint density at radius 3 is 2.37 bits per heavy atom. The van der Waals surface area contributed by atoms with Crippen molar-refractivity contribution in [1.29, 1.82) is 0 Å². The van der Waals surface area contributed by atoms with E-state index in [1.807, 2.05) is 11.9 Å². The monoisotopic (exact) mass is 292 g/mol. The molecule has 0 fully saturated rings. The van der Waals surface area contributed by atoms with Crippen LogP contribution in [0.1, 0.15) is 26.2 Å². The molecule has 0 aliphatic heterocycles. The molecule has 0 aliphatic carbocycles. The highest BCUT2D eigenvalue weighted by Gasteiger charge is 2.05. The van der Waals surface area contributed by atoms with E-state index in [1.54, 1.807) is 6.92 Å². The van der Waals surface area contributed by atoms with Gasteiger partial charge in [0.15, 0.2) is 0 Å². The van der Waals surface area contributed by atoms with Gasteiger partial charge in [-0.1, -0.05) is 6.58 Å². The summed E-state index contributed by atoms with van der Waals surface area (Å²) in [6.45, 7) is 7.28. The molecule has 19 heavy (non-hydrogen) atoms. The Hall–Kier alpha value is -0.920. The third kappa shape index (κ3) is 11.9. The molecule has 1 amide bonds. The van der Waals surface area contributed by atoms with Gasteiger partial charge in [-0.3, -0.25) is 9.35 Å². The molecular weight excluding hydrogens is 268 g/mol. The summed E-state index contributed by atoms with van der Waals surface area (Å²) in [5.74, 6) is -0.326. The molecule has 0 saturated carbocycles. The topological polar surface area (TPSA) is 86.7 Å². The van der Waals surface area contributed by atoms with Crippen LogP contribution in [0.25, 0.3) is 0 Å². The molecule has 0 spiro atoms. The Kier molecular flexibility index (Phi) is 8.62. The standard InChI is InChI=1S/C12H24N2O4S/c1-11(2)12(15)13-7-4-5-8-14(3)9-6-10-19(16,17)18/h1,4-10H2,2-3H3,(H,13,15)(H,16,17,18). The van der Waals surface area contributed by atoms with Crippen LogP contribution in [0, 0.1) is 0 Å². The number of carbonyl (C=O) groups excluding carboxylic acids is 1. The molecule has 0 bridgehead atoms. The van der Waals surface area contributed by atoms with E-state index < -0.39 is 10.1 Å². The summed E-state index contributed by atoms with van der Waals surface area (Å²) in [5, 5.41) is 2.75. The van der Waals surface area contributed by atoms with Crippen LogP contribution in [0.5, 0.6) is 0 Å². The summed E-state index contributed by atoms with van der Waals surface area (Å²) < 4.78 is 29.6. The van der Waals surface area contributed by atoms with E-state index in [4.69, 9.17) is 4.55 Å². The molecule has 0 atom stereocenters. The van der Waals surface area contributed by atoms with Crippen molar-refractivity contribution in [3.63, 3.8) is 0 Å². The Labute approximate surface area is 115 Å². The van der Waals surface area contributed by atoms with Gasteiger partial charge in [-0.15, -0.1) is 0 Å². The van der Waals surface area contributed by atoms with Gasteiger partial charge in [-0.25, -0.2) is 0 Å². The zero-order chi connectivity index (χ0) is 14.9. The minimum Gasteiger partial charge on any atom is -0.352 e. The fourth-order valence-electron chi connectivity index (χ4n) is 1.49. The molecule has 0 rings (SSSR count). The van der Waals surface area contributed by atoms with Crippen LogP contribution < -0.4 is 5.32 Å². The molecule has 0 unspecified atom stereocenters. The average molecular weight is 292 g/mol. The molecule has 0 aromatic rings. The van der Waals surface area contributed by atoms with E-state index in [2.05, 4.69) is 11.9 Å². The van der Waals surface area contributed by atoms with Crippen molar-refractivity contribution in [3.05, 3.63) is 12.2 Å². The third-order valence-corrected chi connectivity index (χ3v) is 3.39. The minimum atomic E-state index is -3.85. The number of rotatable bonds is 10. The van der Waals surface area contributed by atoms with Crippen LogP contribution in [0.15, 0.2) is 12.2 Å². The maximum Gasteiger partial charge on any atom is 0.264 e. The number of carbonyl (C=O) groups is 1. The molecule has 7 heteroatoms. The maximum absolute atomic E-state index is 11.2. The molecule has 112 valence electrons. The van der Waals surface area contributed by atoms with Gasteiger partial charge in [0.25, 0.3) is 10.1 Å². The fourth-order valence-corrected chi connectivity index (χ4v) is 1.98. The van der Waals surface area contributed by atoms with Crippen molar-refractivity contribution >= 4 is 16.0 Å². The fraction of sp³-hybridized carbons (Fsp3) is 0.750. The zero-order valence-electron chi connectivity index (χ0n) is 11.7. The van der Waals surface area contributed by atoms with Crippen molar-refractivity contribution in [2.24, 2.45) is 0 Å². The highest BCUT2D eigenvalue weighted by molar-refractivity contribution is 7.85. The second-order valence-corrected chi connectivity index (χ2v) is 6.26. The number of amides is 1. The molecule has 0 saturated heterocycles. The van der Waals surface area contributed by atoms with Crippen molar-refractivity contribution in [2.75, 3.05) is 32.4 Å². The summed E-state index contributed by atoms with van der Waals surface area (Å²) in [5.41, 5.74) is 0.502. The van der Waals surface area contributed by atoms with Gasteiger partial charge >= 0.3 is 0 Å². The number of hydrogen-bond donors (Lipinski definition) is 2. The van der Waals surface area contributed by atoms with Gasteiger partial charge in [0.1, 0.15) is 0 Å². The number of hydrogen-bond acceptors (Lipinski definition) is 4. The summed E-state index contributed by atoms with van der Waals surface area (Å²) in [6.07, 6.45) is 2.20. The number of nitrogens with one attached hydrogen (secondary N) is 1. The van der Waals surface area contributed by atoms with Crippen molar-refractivity contribution in [3.8, 4) is 0 Å². The summed E-state index contributed by atoms with van der Waals surface area (Å²) in [7, 11) is -1.95. The number of nitrogens with zero attached hydrogens (tertiary/aromatic N) is 1. The number of unbranched alkanes of at least 4 members (excludes halogenated alkanes) is 1. The van der Waals surface area contributed by atoms with Crippen LogP contribution in [-0.4, -0.2) is 56.2 Å². The Morgan fingerprint density at radius 1 is 1.26 bits per heavy atom. The van der Waals surface area contributed by atoms with E-state index >= 15 is 0 Å². The smallest absolute Gasteiger partial charge is 0.264 e. The van der Waals surface area contributed by atoms with Gasteiger partial charge in [-0.2, -0.15) is 8.42 Å². The van der Waals surface area contributed by atoms with Gasteiger partial charge < -0.3 is 10.2 Å². The van der Waals surface area contributed by atoms with Crippen molar-refractivity contribution < 1.29 is 17.8 Å². The zero-order valence-corrected chi connectivity index (χ0v) is 12.5.